The Morgan fingerprint density at radius 3 is 2.93 bits per heavy atom. The lowest BCUT2D eigenvalue weighted by Gasteiger charge is -2.47. The number of piperidine rings is 2. The summed E-state index contributed by atoms with van der Waals surface area (Å²) in [5, 5.41) is 13.9. The minimum Gasteiger partial charge on any atom is -0.507 e. The van der Waals surface area contributed by atoms with Gasteiger partial charge in [0, 0.05) is 30.1 Å². The highest BCUT2D eigenvalue weighted by Crippen LogP contribution is 2.39. The van der Waals surface area contributed by atoms with Gasteiger partial charge in [-0.25, -0.2) is 9.37 Å². The van der Waals surface area contributed by atoms with E-state index in [4.69, 9.17) is 0 Å². The third-order valence-electron chi connectivity index (χ3n) is 6.21. The minimum atomic E-state index is -1.02. The summed E-state index contributed by atoms with van der Waals surface area (Å²) >= 11 is 0. The first-order valence-electron chi connectivity index (χ1n) is 10.3. The molecular weight excluding hydrogens is 381 g/mol. The third kappa shape index (κ3) is 3.39. The number of phenols is 1. The highest BCUT2D eigenvalue weighted by Gasteiger charge is 2.45. The van der Waals surface area contributed by atoms with Gasteiger partial charge in [0.1, 0.15) is 11.9 Å². The first kappa shape index (κ1) is 18.9. The van der Waals surface area contributed by atoms with Crippen LogP contribution in [-0.2, 0) is 0 Å². The first-order chi connectivity index (χ1) is 14.5. The van der Waals surface area contributed by atoms with Gasteiger partial charge in [-0.15, -0.1) is 0 Å². The number of rotatable bonds is 3. The number of aromatic nitrogens is 4. The highest BCUT2D eigenvalue weighted by molar-refractivity contribution is 5.68. The van der Waals surface area contributed by atoms with Gasteiger partial charge in [0.05, 0.1) is 41.3 Å². The second-order valence-corrected chi connectivity index (χ2v) is 8.43. The molecule has 2 aliphatic rings. The van der Waals surface area contributed by atoms with Gasteiger partial charge in [-0.2, -0.15) is 0 Å². The molecule has 30 heavy (non-hydrogen) atoms. The van der Waals surface area contributed by atoms with Gasteiger partial charge in [-0.1, -0.05) is 0 Å². The zero-order valence-electron chi connectivity index (χ0n) is 16.8. The molecule has 2 bridgehead atoms. The van der Waals surface area contributed by atoms with Crippen LogP contribution in [0.15, 0.2) is 54.9 Å². The van der Waals surface area contributed by atoms with Crippen molar-refractivity contribution in [3.8, 4) is 22.7 Å². The number of benzene rings is 1. The number of aromatic hydroxyl groups is 1. The Balaban J connectivity index is 1.39. The molecule has 5 rings (SSSR count). The summed E-state index contributed by atoms with van der Waals surface area (Å²) in [6.07, 6.45) is 12.9. The van der Waals surface area contributed by atoms with E-state index in [9.17, 15) is 5.11 Å². The number of hydrogen-bond donors (Lipinski definition) is 2. The lowest BCUT2D eigenvalue weighted by Crippen LogP contribution is -2.61. The fourth-order valence-corrected chi connectivity index (χ4v) is 4.66. The predicted molar refractivity (Wildman–Crippen MR) is 113 cm³/mol. The topological polar surface area (TPSA) is 75.9 Å². The van der Waals surface area contributed by atoms with Gasteiger partial charge >= 0.3 is 0 Å². The van der Waals surface area contributed by atoms with Crippen LogP contribution in [0.1, 0.15) is 38.3 Å². The van der Waals surface area contributed by atoms with Gasteiger partial charge in [0.15, 0.2) is 0 Å². The molecule has 3 atom stereocenters. The van der Waals surface area contributed by atoms with Crippen molar-refractivity contribution in [2.45, 2.75) is 50.4 Å². The number of hydrogen-bond acceptors (Lipinski definition) is 5. The first-order valence-corrected chi connectivity index (χ1v) is 10.3. The highest BCUT2D eigenvalue weighted by atomic mass is 19.1. The average molecular weight is 405 g/mol. The molecule has 4 heterocycles. The van der Waals surface area contributed by atoms with Crippen molar-refractivity contribution in [1.29, 1.82) is 0 Å². The second-order valence-electron chi connectivity index (χ2n) is 8.43. The van der Waals surface area contributed by atoms with Crippen molar-refractivity contribution in [2.75, 3.05) is 0 Å². The smallest absolute Gasteiger partial charge is 0.139 e. The van der Waals surface area contributed by atoms with Crippen LogP contribution >= 0.6 is 0 Å². The zero-order valence-corrected chi connectivity index (χ0v) is 16.8. The number of nitrogens with zero attached hydrogens (tertiary/aromatic N) is 4. The summed E-state index contributed by atoms with van der Waals surface area (Å²) in [6.45, 7) is 1.97. The third-order valence-corrected chi connectivity index (χ3v) is 6.21. The van der Waals surface area contributed by atoms with Crippen molar-refractivity contribution in [2.24, 2.45) is 0 Å². The molecule has 0 unspecified atom stereocenters. The van der Waals surface area contributed by atoms with Crippen LogP contribution in [0.25, 0.3) is 23.0 Å². The molecular formula is C23H24FN5O. The summed E-state index contributed by atoms with van der Waals surface area (Å²) in [5.41, 5.74) is 2.91. The monoisotopic (exact) mass is 405 g/mol. The van der Waals surface area contributed by atoms with Crippen LogP contribution in [-0.4, -0.2) is 42.4 Å². The molecule has 0 radical (unpaired) electrons. The maximum absolute atomic E-state index is 15.1. The minimum absolute atomic E-state index is 0.115. The van der Waals surface area contributed by atoms with E-state index in [1.54, 1.807) is 37.1 Å². The fraction of sp³-hybridized carbons (Fsp3) is 0.348. The molecule has 1 aromatic carbocycles. The summed E-state index contributed by atoms with van der Waals surface area (Å²) in [6, 6.07) is 5.69. The quantitative estimate of drug-likeness (QED) is 0.687. The van der Waals surface area contributed by atoms with E-state index in [2.05, 4.69) is 20.3 Å². The second kappa shape index (κ2) is 7.32. The molecule has 0 amide bonds. The molecule has 2 aromatic heterocycles. The van der Waals surface area contributed by atoms with Crippen molar-refractivity contribution in [3.05, 3.63) is 60.6 Å². The summed E-state index contributed by atoms with van der Waals surface area (Å²) in [5.74, 6) is 0.115. The molecule has 2 N–H and O–H groups in total. The Morgan fingerprint density at radius 1 is 1.30 bits per heavy atom. The summed E-state index contributed by atoms with van der Waals surface area (Å²) in [4.78, 5) is 12.9. The van der Waals surface area contributed by atoms with E-state index >= 15 is 4.39 Å². The lowest BCUT2D eigenvalue weighted by molar-refractivity contribution is 0.0993. The molecule has 6 nitrogen and oxygen atoms in total. The molecule has 0 spiro atoms. The van der Waals surface area contributed by atoms with Crippen molar-refractivity contribution >= 4 is 6.08 Å². The van der Waals surface area contributed by atoms with Gasteiger partial charge in [-0.05, 0) is 56.4 Å². The molecule has 0 saturated carbocycles. The Bertz CT molecular complexity index is 1080. The molecule has 154 valence electrons. The van der Waals surface area contributed by atoms with Crippen molar-refractivity contribution in [1.82, 2.24) is 24.8 Å². The lowest BCUT2D eigenvalue weighted by atomic mass is 9.74. The number of halogens is 1. The molecule has 2 aliphatic heterocycles. The zero-order chi connectivity index (χ0) is 20.7. The number of phenolic OH excluding ortho intramolecular Hbond substituents is 1. The summed E-state index contributed by atoms with van der Waals surface area (Å²) < 4.78 is 16.9. The largest absolute Gasteiger partial charge is 0.507 e. The maximum atomic E-state index is 15.1. The van der Waals surface area contributed by atoms with Crippen LogP contribution < -0.4 is 5.32 Å². The van der Waals surface area contributed by atoms with Gasteiger partial charge in [0.2, 0.25) is 0 Å². The molecule has 0 aliphatic carbocycles. The molecule has 2 fully saturated rings. The predicted octanol–water partition coefficient (Wildman–Crippen LogP) is 4.06. The van der Waals surface area contributed by atoms with E-state index in [-0.39, 0.29) is 5.75 Å². The Hall–Kier alpha value is -3.06. The number of imidazole rings is 1. The fourth-order valence-electron chi connectivity index (χ4n) is 4.66. The molecule has 3 aromatic rings. The van der Waals surface area contributed by atoms with Crippen LogP contribution in [0.5, 0.6) is 5.75 Å². The Kier molecular flexibility index (Phi) is 4.62. The SMILES string of the molecule is C[C@]12CCC[C@H](C/C(=C\c3cnc(-c4ccc(-n5ccnc5)cc4O)cn3)[C@H]1F)N2. The van der Waals surface area contributed by atoms with E-state index < -0.39 is 11.7 Å². The van der Waals surface area contributed by atoms with Gasteiger partial charge in [0.25, 0.3) is 0 Å². The van der Waals surface area contributed by atoms with Gasteiger partial charge in [-0.3, -0.25) is 9.97 Å². The van der Waals surface area contributed by atoms with Crippen molar-refractivity contribution in [3.63, 3.8) is 0 Å². The molecule has 7 heteroatoms. The molecule has 2 saturated heterocycles. The average Bonchev–Trinajstić information content (AvgIpc) is 3.28. The van der Waals surface area contributed by atoms with E-state index in [1.165, 1.54) is 0 Å². The van der Waals surface area contributed by atoms with Crippen LogP contribution in [0, 0.1) is 0 Å². The van der Waals surface area contributed by atoms with Crippen LogP contribution in [0.2, 0.25) is 0 Å². The summed E-state index contributed by atoms with van der Waals surface area (Å²) in [7, 11) is 0. The standard InChI is InChI=1S/C23H24FN5O/c1-23-6-2-3-16(28-23)9-15(22(23)24)10-17-12-27-20(13-26-17)19-5-4-18(11-21(19)30)29-8-7-25-14-29/h4-5,7-8,10-14,16,22,28,30H,2-3,6,9H2,1H3/b15-10+/t16-,22-,23+/m1/s1. The van der Waals surface area contributed by atoms with E-state index in [0.717, 1.165) is 30.5 Å². The Labute approximate surface area is 174 Å². The van der Waals surface area contributed by atoms with Gasteiger partial charge < -0.3 is 15.0 Å². The normalized spacial score (nSPS) is 27.3. The van der Waals surface area contributed by atoms with E-state index in [0.29, 0.717) is 29.4 Å². The van der Waals surface area contributed by atoms with Crippen molar-refractivity contribution < 1.29 is 9.50 Å². The van der Waals surface area contributed by atoms with E-state index in [1.807, 2.05) is 29.8 Å². The number of alkyl halides is 1. The number of fused-ring (bicyclic) bond motifs is 2. The number of nitrogens with one attached hydrogen (secondary N) is 1. The van der Waals surface area contributed by atoms with Crippen LogP contribution in [0.4, 0.5) is 4.39 Å². The Morgan fingerprint density at radius 2 is 2.20 bits per heavy atom. The van der Waals surface area contributed by atoms with Crippen LogP contribution in [0.3, 0.4) is 0 Å². The maximum Gasteiger partial charge on any atom is 0.139 e.